The summed E-state index contributed by atoms with van der Waals surface area (Å²) in [7, 11) is 3.03. The van der Waals surface area contributed by atoms with E-state index in [1.807, 2.05) is 33.8 Å². The Morgan fingerprint density at radius 3 is 2.33 bits per heavy atom. The van der Waals surface area contributed by atoms with E-state index in [2.05, 4.69) is 0 Å². The molecule has 0 saturated carbocycles. The second-order valence-corrected chi connectivity index (χ2v) is 5.98. The van der Waals surface area contributed by atoms with Gasteiger partial charge >= 0.3 is 12.1 Å². The molecule has 0 fully saturated rings. The molecule has 0 aliphatic rings. The SMILES string of the molecule is COC(=O)c1ccc(CN(C)C(=O)OC(C)(C)C)cc1C. The number of hydrogen-bond donors (Lipinski definition) is 0. The van der Waals surface area contributed by atoms with Crippen molar-refractivity contribution in [2.45, 2.75) is 39.8 Å². The zero-order valence-corrected chi connectivity index (χ0v) is 13.5. The highest BCUT2D eigenvalue weighted by Gasteiger charge is 2.20. The molecule has 1 rings (SSSR count). The van der Waals surface area contributed by atoms with E-state index in [1.165, 1.54) is 12.0 Å². The van der Waals surface area contributed by atoms with Gasteiger partial charge in [0.15, 0.2) is 0 Å². The molecule has 0 atom stereocenters. The Kier molecular flexibility index (Phi) is 5.35. The first-order valence-electron chi connectivity index (χ1n) is 6.76. The number of nitrogens with zero attached hydrogens (tertiary/aromatic N) is 1. The third-order valence-electron chi connectivity index (χ3n) is 2.82. The van der Waals surface area contributed by atoms with Gasteiger partial charge < -0.3 is 14.4 Å². The van der Waals surface area contributed by atoms with E-state index in [0.717, 1.165) is 11.1 Å². The number of carbonyl (C=O) groups excluding carboxylic acids is 2. The molecule has 0 spiro atoms. The minimum absolute atomic E-state index is 0.362. The summed E-state index contributed by atoms with van der Waals surface area (Å²) in [5.74, 6) is -0.362. The Morgan fingerprint density at radius 1 is 1.24 bits per heavy atom. The quantitative estimate of drug-likeness (QED) is 0.803. The highest BCUT2D eigenvalue weighted by molar-refractivity contribution is 5.91. The molecule has 21 heavy (non-hydrogen) atoms. The predicted molar refractivity (Wildman–Crippen MR) is 80.2 cm³/mol. The third-order valence-corrected chi connectivity index (χ3v) is 2.82. The normalized spacial score (nSPS) is 11.0. The number of hydrogen-bond acceptors (Lipinski definition) is 4. The molecule has 0 radical (unpaired) electrons. The van der Waals surface area contributed by atoms with Crippen molar-refractivity contribution < 1.29 is 19.1 Å². The maximum absolute atomic E-state index is 11.9. The summed E-state index contributed by atoms with van der Waals surface area (Å²) in [4.78, 5) is 24.9. The van der Waals surface area contributed by atoms with E-state index in [9.17, 15) is 9.59 Å². The standard InChI is InChI=1S/C16H23NO4/c1-11-9-12(7-8-13(11)14(18)20-6)10-17(5)15(19)21-16(2,3)4/h7-9H,10H2,1-6H3. The van der Waals surface area contributed by atoms with Gasteiger partial charge in [0.05, 0.1) is 12.7 Å². The van der Waals surface area contributed by atoms with Crippen molar-refractivity contribution in [1.29, 1.82) is 0 Å². The molecule has 0 aromatic heterocycles. The van der Waals surface area contributed by atoms with Crippen LogP contribution in [0.2, 0.25) is 0 Å². The molecule has 116 valence electrons. The largest absolute Gasteiger partial charge is 0.465 e. The summed E-state index contributed by atoms with van der Waals surface area (Å²) in [6, 6.07) is 5.38. The summed E-state index contributed by atoms with van der Waals surface area (Å²) in [5.41, 5.74) is 1.75. The molecule has 1 aromatic rings. The molecule has 0 bridgehead atoms. The van der Waals surface area contributed by atoms with Crippen LogP contribution in [0, 0.1) is 6.92 Å². The summed E-state index contributed by atoms with van der Waals surface area (Å²) < 4.78 is 10.0. The van der Waals surface area contributed by atoms with Gasteiger partial charge in [-0.25, -0.2) is 9.59 Å². The molecule has 0 aliphatic carbocycles. The zero-order valence-electron chi connectivity index (χ0n) is 13.5. The van der Waals surface area contributed by atoms with Gasteiger partial charge in [0.2, 0.25) is 0 Å². The average Bonchev–Trinajstić information content (AvgIpc) is 2.36. The topological polar surface area (TPSA) is 55.8 Å². The maximum Gasteiger partial charge on any atom is 0.410 e. The van der Waals surface area contributed by atoms with Gasteiger partial charge in [0.1, 0.15) is 5.60 Å². The third kappa shape index (κ3) is 5.10. The van der Waals surface area contributed by atoms with Crippen LogP contribution in [0.1, 0.15) is 42.3 Å². The number of methoxy groups -OCH3 is 1. The van der Waals surface area contributed by atoms with Crippen molar-refractivity contribution in [2.24, 2.45) is 0 Å². The fraction of sp³-hybridized carbons (Fsp3) is 0.500. The minimum Gasteiger partial charge on any atom is -0.465 e. The van der Waals surface area contributed by atoms with E-state index in [0.29, 0.717) is 12.1 Å². The second kappa shape index (κ2) is 6.61. The first-order chi connectivity index (χ1) is 9.64. The van der Waals surface area contributed by atoms with Crippen molar-refractivity contribution in [3.05, 3.63) is 34.9 Å². The summed E-state index contributed by atoms with van der Waals surface area (Å²) in [5, 5.41) is 0. The maximum atomic E-state index is 11.9. The lowest BCUT2D eigenvalue weighted by molar-refractivity contribution is 0.0284. The van der Waals surface area contributed by atoms with Gasteiger partial charge in [-0.3, -0.25) is 0 Å². The van der Waals surface area contributed by atoms with Crippen LogP contribution in [-0.4, -0.2) is 36.7 Å². The minimum atomic E-state index is -0.518. The fourth-order valence-corrected chi connectivity index (χ4v) is 1.84. The van der Waals surface area contributed by atoms with Crippen molar-refractivity contribution >= 4 is 12.1 Å². The van der Waals surface area contributed by atoms with Gasteiger partial charge in [-0.2, -0.15) is 0 Å². The molecule has 1 aromatic carbocycles. The van der Waals surface area contributed by atoms with Crippen molar-refractivity contribution in [3.8, 4) is 0 Å². The summed E-state index contributed by atoms with van der Waals surface area (Å²) in [6.07, 6.45) is -0.378. The van der Waals surface area contributed by atoms with Crippen LogP contribution in [0.15, 0.2) is 18.2 Å². The lowest BCUT2D eigenvalue weighted by atomic mass is 10.0. The predicted octanol–water partition coefficient (Wildman–Crippen LogP) is 3.15. The first-order valence-corrected chi connectivity index (χ1v) is 6.76. The number of amides is 1. The van der Waals surface area contributed by atoms with E-state index in [1.54, 1.807) is 19.2 Å². The van der Waals surface area contributed by atoms with Gasteiger partial charge in [0, 0.05) is 13.6 Å². The van der Waals surface area contributed by atoms with Crippen LogP contribution in [0.5, 0.6) is 0 Å². The molecule has 5 nitrogen and oxygen atoms in total. The monoisotopic (exact) mass is 293 g/mol. The second-order valence-electron chi connectivity index (χ2n) is 5.98. The van der Waals surface area contributed by atoms with Crippen molar-refractivity contribution in [3.63, 3.8) is 0 Å². The van der Waals surface area contributed by atoms with Crippen LogP contribution in [0.4, 0.5) is 4.79 Å². The molecular formula is C16H23NO4. The number of esters is 1. The number of aryl methyl sites for hydroxylation is 1. The van der Waals surface area contributed by atoms with E-state index < -0.39 is 5.60 Å². The van der Waals surface area contributed by atoms with E-state index in [4.69, 9.17) is 9.47 Å². The number of carbonyl (C=O) groups is 2. The van der Waals surface area contributed by atoms with Crippen molar-refractivity contribution in [1.82, 2.24) is 4.90 Å². The first kappa shape index (κ1) is 17.0. The smallest absolute Gasteiger partial charge is 0.410 e. The highest BCUT2D eigenvalue weighted by atomic mass is 16.6. The van der Waals surface area contributed by atoms with Gasteiger partial charge in [-0.05, 0) is 44.9 Å². The molecule has 0 heterocycles. The number of benzene rings is 1. The lowest BCUT2D eigenvalue weighted by Crippen LogP contribution is -2.33. The molecule has 0 saturated heterocycles. The van der Waals surface area contributed by atoms with Crippen LogP contribution in [0.3, 0.4) is 0 Å². The Bertz CT molecular complexity index is 532. The van der Waals surface area contributed by atoms with Crippen molar-refractivity contribution in [2.75, 3.05) is 14.2 Å². The molecule has 1 amide bonds. The molecule has 5 heteroatoms. The van der Waals surface area contributed by atoms with Crippen LogP contribution >= 0.6 is 0 Å². The summed E-state index contributed by atoms with van der Waals surface area (Å²) >= 11 is 0. The molecule has 0 unspecified atom stereocenters. The highest BCUT2D eigenvalue weighted by Crippen LogP contribution is 2.15. The van der Waals surface area contributed by atoms with E-state index >= 15 is 0 Å². The molecular weight excluding hydrogens is 270 g/mol. The number of rotatable bonds is 3. The van der Waals surface area contributed by atoms with Crippen LogP contribution < -0.4 is 0 Å². The Labute approximate surface area is 125 Å². The Balaban J connectivity index is 2.78. The fourth-order valence-electron chi connectivity index (χ4n) is 1.84. The van der Waals surface area contributed by atoms with Gasteiger partial charge in [-0.1, -0.05) is 12.1 Å². The number of ether oxygens (including phenoxy) is 2. The zero-order chi connectivity index (χ0) is 16.2. The lowest BCUT2D eigenvalue weighted by Gasteiger charge is -2.24. The van der Waals surface area contributed by atoms with Crippen LogP contribution in [-0.2, 0) is 16.0 Å². The van der Waals surface area contributed by atoms with Gasteiger partial charge in [-0.15, -0.1) is 0 Å². The Morgan fingerprint density at radius 2 is 1.86 bits per heavy atom. The summed E-state index contributed by atoms with van der Waals surface area (Å²) in [6.45, 7) is 7.73. The molecule has 0 aliphatic heterocycles. The van der Waals surface area contributed by atoms with E-state index in [-0.39, 0.29) is 12.1 Å². The molecule has 0 N–H and O–H groups in total. The van der Waals surface area contributed by atoms with Crippen LogP contribution in [0.25, 0.3) is 0 Å². The van der Waals surface area contributed by atoms with Gasteiger partial charge in [0.25, 0.3) is 0 Å². The Hall–Kier alpha value is -2.04. The average molecular weight is 293 g/mol.